The number of nitrogens with one attached hydrogen (secondary N) is 1. The van der Waals surface area contributed by atoms with E-state index >= 15 is 0 Å². The normalized spacial score (nSPS) is 14.0. The third kappa shape index (κ3) is 5.53. The van der Waals surface area contributed by atoms with E-state index in [2.05, 4.69) is 5.32 Å². The molecule has 2 aromatic rings. The molecule has 3 rings (SSSR count). The monoisotopic (exact) mass is 403 g/mol. The maximum absolute atomic E-state index is 13.2. The van der Waals surface area contributed by atoms with Crippen molar-refractivity contribution in [2.45, 2.75) is 13.0 Å². The zero-order chi connectivity index (χ0) is 19.9. The van der Waals surface area contributed by atoms with E-state index in [1.807, 2.05) is 17.0 Å². The number of carbonyl (C=O) groups is 2. The molecule has 28 heavy (non-hydrogen) atoms. The highest BCUT2D eigenvalue weighted by molar-refractivity contribution is 6.30. The van der Waals surface area contributed by atoms with E-state index in [-0.39, 0.29) is 24.8 Å². The molecule has 2 amide bonds. The van der Waals surface area contributed by atoms with Crippen molar-refractivity contribution in [2.24, 2.45) is 0 Å². The molecule has 1 fully saturated rings. The van der Waals surface area contributed by atoms with Crippen LogP contribution in [0.15, 0.2) is 48.5 Å². The number of amides is 2. The van der Waals surface area contributed by atoms with E-state index in [4.69, 9.17) is 11.6 Å². The minimum Gasteiger partial charge on any atom is -0.340 e. The average Bonchev–Trinajstić information content (AvgIpc) is 2.71. The Morgan fingerprint density at radius 2 is 1.82 bits per heavy atom. The number of piperazine rings is 1. The molecule has 0 saturated carbocycles. The minimum atomic E-state index is -0.396. The minimum absolute atomic E-state index is 0.0319. The molecule has 7 heteroatoms. The Balaban J connectivity index is 1.72. The third-order valence-electron chi connectivity index (χ3n) is 4.71. The lowest BCUT2D eigenvalue weighted by Gasteiger charge is -2.29. The van der Waals surface area contributed by atoms with Gasteiger partial charge in [-0.25, -0.2) is 4.39 Å². The number of halogens is 2. The molecule has 1 aliphatic heterocycles. The fraction of sp³-hybridized carbons (Fsp3) is 0.333. The maximum atomic E-state index is 13.2. The van der Waals surface area contributed by atoms with Gasteiger partial charge in [0, 0.05) is 56.3 Å². The van der Waals surface area contributed by atoms with Gasteiger partial charge in [-0.05, 0) is 42.0 Å². The standard InChI is InChI=1S/C21H23ClFN3O2/c22-18-3-1-2-16(14-18)15-26(21(28)17-4-6-19(23)7-5-17)11-8-20(27)25-12-9-24-10-13-25/h1-7,14,24H,8-13,15H2. The Kier molecular flexibility index (Phi) is 7.01. The van der Waals surface area contributed by atoms with E-state index in [1.54, 1.807) is 17.0 Å². The number of carbonyl (C=O) groups excluding carboxylic acids is 2. The van der Waals surface area contributed by atoms with Gasteiger partial charge in [0.2, 0.25) is 5.91 Å². The van der Waals surface area contributed by atoms with Crippen molar-refractivity contribution in [1.82, 2.24) is 15.1 Å². The van der Waals surface area contributed by atoms with Crippen molar-refractivity contribution in [2.75, 3.05) is 32.7 Å². The number of benzene rings is 2. The Labute approximate surface area is 169 Å². The number of nitrogens with zero attached hydrogens (tertiary/aromatic N) is 2. The first-order valence-corrected chi connectivity index (χ1v) is 9.68. The summed E-state index contributed by atoms with van der Waals surface area (Å²) in [5.41, 5.74) is 1.26. The van der Waals surface area contributed by atoms with Crippen LogP contribution >= 0.6 is 11.6 Å². The van der Waals surface area contributed by atoms with Crippen LogP contribution in [0.4, 0.5) is 4.39 Å². The van der Waals surface area contributed by atoms with Crippen molar-refractivity contribution in [3.63, 3.8) is 0 Å². The van der Waals surface area contributed by atoms with Crippen molar-refractivity contribution >= 4 is 23.4 Å². The topological polar surface area (TPSA) is 52.7 Å². The van der Waals surface area contributed by atoms with Crippen LogP contribution in [-0.4, -0.2) is 54.3 Å². The molecule has 1 N–H and O–H groups in total. The summed E-state index contributed by atoms with van der Waals surface area (Å²) >= 11 is 6.06. The van der Waals surface area contributed by atoms with Gasteiger partial charge in [-0.2, -0.15) is 0 Å². The largest absolute Gasteiger partial charge is 0.340 e. The molecule has 0 spiro atoms. The summed E-state index contributed by atoms with van der Waals surface area (Å²) in [7, 11) is 0. The summed E-state index contributed by atoms with van der Waals surface area (Å²) in [6, 6.07) is 12.7. The molecule has 0 aliphatic carbocycles. The van der Waals surface area contributed by atoms with Gasteiger partial charge < -0.3 is 15.1 Å². The van der Waals surface area contributed by atoms with Gasteiger partial charge in [-0.3, -0.25) is 9.59 Å². The van der Waals surface area contributed by atoms with Crippen molar-refractivity contribution in [1.29, 1.82) is 0 Å². The first kappa shape index (κ1) is 20.3. The highest BCUT2D eigenvalue weighted by Crippen LogP contribution is 2.16. The molecule has 0 unspecified atom stereocenters. The summed E-state index contributed by atoms with van der Waals surface area (Å²) in [6.45, 7) is 3.54. The number of rotatable bonds is 6. The Morgan fingerprint density at radius 1 is 1.11 bits per heavy atom. The molecular weight excluding hydrogens is 381 g/mol. The highest BCUT2D eigenvalue weighted by atomic mass is 35.5. The van der Waals surface area contributed by atoms with Crippen LogP contribution in [0.2, 0.25) is 5.02 Å². The van der Waals surface area contributed by atoms with Crippen molar-refractivity contribution < 1.29 is 14.0 Å². The zero-order valence-corrected chi connectivity index (χ0v) is 16.3. The smallest absolute Gasteiger partial charge is 0.254 e. The fourth-order valence-electron chi connectivity index (χ4n) is 3.19. The van der Waals surface area contributed by atoms with Crippen LogP contribution < -0.4 is 5.32 Å². The zero-order valence-electron chi connectivity index (χ0n) is 15.5. The highest BCUT2D eigenvalue weighted by Gasteiger charge is 2.21. The summed E-state index contributed by atoms with van der Waals surface area (Å²) in [6.07, 6.45) is 0.244. The first-order chi connectivity index (χ1) is 13.5. The van der Waals surface area contributed by atoms with Gasteiger partial charge in [0.1, 0.15) is 5.82 Å². The van der Waals surface area contributed by atoms with Crippen molar-refractivity contribution in [3.05, 3.63) is 70.5 Å². The predicted molar refractivity (Wildman–Crippen MR) is 107 cm³/mol. The Morgan fingerprint density at radius 3 is 2.50 bits per heavy atom. The number of hydrogen-bond acceptors (Lipinski definition) is 3. The van der Waals surface area contributed by atoms with Gasteiger partial charge in [-0.15, -0.1) is 0 Å². The summed E-state index contributed by atoms with van der Waals surface area (Å²) < 4.78 is 13.2. The SMILES string of the molecule is O=C(CCN(Cc1cccc(Cl)c1)C(=O)c1ccc(F)cc1)N1CCNCC1. The van der Waals surface area contributed by atoms with Gasteiger partial charge in [-0.1, -0.05) is 23.7 Å². The molecule has 2 aromatic carbocycles. The fourth-order valence-corrected chi connectivity index (χ4v) is 3.40. The lowest BCUT2D eigenvalue weighted by molar-refractivity contribution is -0.132. The van der Waals surface area contributed by atoms with E-state index in [9.17, 15) is 14.0 Å². The van der Waals surface area contributed by atoms with Crippen molar-refractivity contribution in [3.8, 4) is 0 Å². The summed E-state index contributed by atoms with van der Waals surface area (Å²) in [5, 5.41) is 3.80. The second-order valence-corrected chi connectivity index (χ2v) is 7.18. The first-order valence-electron chi connectivity index (χ1n) is 9.31. The van der Waals surface area contributed by atoms with Gasteiger partial charge in [0.15, 0.2) is 0 Å². The van der Waals surface area contributed by atoms with E-state index in [0.717, 1.165) is 18.7 Å². The van der Waals surface area contributed by atoms with Crippen LogP contribution in [0.3, 0.4) is 0 Å². The average molecular weight is 404 g/mol. The van der Waals surface area contributed by atoms with Gasteiger partial charge >= 0.3 is 0 Å². The van der Waals surface area contributed by atoms with E-state index < -0.39 is 5.82 Å². The summed E-state index contributed by atoms with van der Waals surface area (Å²) in [4.78, 5) is 28.9. The van der Waals surface area contributed by atoms with E-state index in [0.29, 0.717) is 30.2 Å². The molecular formula is C21H23ClFN3O2. The second kappa shape index (κ2) is 9.66. The number of hydrogen-bond donors (Lipinski definition) is 1. The molecule has 0 aromatic heterocycles. The van der Waals surface area contributed by atoms with Gasteiger partial charge in [0.05, 0.1) is 0 Å². The van der Waals surface area contributed by atoms with Crippen LogP contribution in [-0.2, 0) is 11.3 Å². The van der Waals surface area contributed by atoms with Crippen LogP contribution in [0.5, 0.6) is 0 Å². The maximum Gasteiger partial charge on any atom is 0.254 e. The Hall–Kier alpha value is -2.44. The second-order valence-electron chi connectivity index (χ2n) is 6.74. The molecule has 0 atom stereocenters. The van der Waals surface area contributed by atoms with Gasteiger partial charge in [0.25, 0.3) is 5.91 Å². The molecule has 1 saturated heterocycles. The van der Waals surface area contributed by atoms with Crippen LogP contribution in [0.1, 0.15) is 22.3 Å². The lowest BCUT2D eigenvalue weighted by Crippen LogP contribution is -2.47. The predicted octanol–water partition coefficient (Wildman–Crippen LogP) is 2.94. The Bertz CT molecular complexity index is 823. The quantitative estimate of drug-likeness (QED) is 0.806. The summed E-state index contributed by atoms with van der Waals surface area (Å²) in [5.74, 6) is -0.607. The molecule has 0 radical (unpaired) electrons. The molecule has 5 nitrogen and oxygen atoms in total. The van der Waals surface area contributed by atoms with Crippen LogP contribution in [0.25, 0.3) is 0 Å². The molecule has 0 bridgehead atoms. The van der Waals surface area contributed by atoms with E-state index in [1.165, 1.54) is 24.3 Å². The molecule has 1 heterocycles. The molecule has 1 aliphatic rings. The molecule has 148 valence electrons. The lowest BCUT2D eigenvalue weighted by atomic mass is 10.1. The third-order valence-corrected chi connectivity index (χ3v) is 4.94. The van der Waals surface area contributed by atoms with Crippen LogP contribution in [0, 0.1) is 5.82 Å².